The monoisotopic (exact) mass is 411 g/mol. The third-order valence-corrected chi connectivity index (χ3v) is 5.16. The first kappa shape index (κ1) is 18.9. The number of rotatable bonds is 6. The highest BCUT2D eigenvalue weighted by Gasteiger charge is 2.14. The minimum Gasteiger partial charge on any atom is -0.496 e. The maximum absolute atomic E-state index is 5.93. The highest BCUT2D eigenvalue weighted by Crippen LogP contribution is 2.31. The zero-order valence-electron chi connectivity index (χ0n) is 17.3. The van der Waals surface area contributed by atoms with Crippen LogP contribution >= 0.6 is 0 Å². The van der Waals surface area contributed by atoms with Crippen molar-refractivity contribution in [2.75, 3.05) is 19.1 Å². The van der Waals surface area contributed by atoms with E-state index >= 15 is 0 Å². The standard InChI is InChI=1S/C24H21N5O2/c1-28(15-17-7-12-22-25-13-14-29(22)16-17)24-27-26-23(31-24)19-10-8-18(9-11-19)20-5-3-4-6-21(20)30-2/h3-14,16H,15H2,1-2H3. The Morgan fingerprint density at radius 2 is 1.77 bits per heavy atom. The van der Waals surface area contributed by atoms with Crippen LogP contribution < -0.4 is 9.64 Å². The fourth-order valence-corrected chi connectivity index (χ4v) is 3.56. The van der Waals surface area contributed by atoms with Crippen LogP contribution in [0.1, 0.15) is 5.56 Å². The van der Waals surface area contributed by atoms with Crippen LogP contribution in [-0.4, -0.2) is 33.7 Å². The number of aromatic nitrogens is 4. The third kappa shape index (κ3) is 3.73. The van der Waals surface area contributed by atoms with Gasteiger partial charge in [-0.15, -0.1) is 5.10 Å². The Balaban J connectivity index is 1.33. The fraction of sp³-hybridized carbons (Fsp3) is 0.125. The molecule has 0 aliphatic heterocycles. The Hall–Kier alpha value is -4.13. The van der Waals surface area contributed by atoms with Crippen LogP contribution in [0.4, 0.5) is 6.01 Å². The quantitative estimate of drug-likeness (QED) is 0.404. The van der Waals surface area contributed by atoms with Gasteiger partial charge in [0.25, 0.3) is 0 Å². The smallest absolute Gasteiger partial charge is 0.318 e. The number of fused-ring (bicyclic) bond motifs is 1. The van der Waals surface area contributed by atoms with Crippen molar-refractivity contribution < 1.29 is 9.15 Å². The number of hydrogen-bond donors (Lipinski definition) is 0. The number of benzene rings is 2. The van der Waals surface area contributed by atoms with Crippen molar-refractivity contribution in [3.8, 4) is 28.3 Å². The Bertz CT molecular complexity index is 1320. The molecule has 0 radical (unpaired) electrons. The summed E-state index contributed by atoms with van der Waals surface area (Å²) in [5.41, 5.74) is 5.01. The topological polar surface area (TPSA) is 68.7 Å². The van der Waals surface area contributed by atoms with Crippen molar-refractivity contribution in [2.24, 2.45) is 0 Å². The van der Waals surface area contributed by atoms with Crippen molar-refractivity contribution in [3.05, 3.63) is 84.8 Å². The lowest BCUT2D eigenvalue weighted by Gasteiger charge is -2.14. The molecule has 7 nitrogen and oxygen atoms in total. The van der Waals surface area contributed by atoms with Crippen LogP contribution in [0.15, 0.2) is 83.7 Å². The van der Waals surface area contributed by atoms with E-state index in [0.29, 0.717) is 18.5 Å². The summed E-state index contributed by atoms with van der Waals surface area (Å²) in [4.78, 5) is 6.20. The van der Waals surface area contributed by atoms with Gasteiger partial charge < -0.3 is 18.5 Å². The highest BCUT2D eigenvalue weighted by atomic mass is 16.5. The molecule has 0 saturated heterocycles. The maximum Gasteiger partial charge on any atom is 0.318 e. The lowest BCUT2D eigenvalue weighted by atomic mass is 10.0. The second kappa shape index (κ2) is 7.95. The molecule has 0 unspecified atom stereocenters. The molecule has 0 saturated carbocycles. The van der Waals surface area contributed by atoms with E-state index in [2.05, 4.69) is 15.2 Å². The van der Waals surface area contributed by atoms with Crippen molar-refractivity contribution in [3.63, 3.8) is 0 Å². The van der Waals surface area contributed by atoms with Crippen LogP contribution in [0.25, 0.3) is 28.2 Å². The molecule has 5 rings (SSSR count). The summed E-state index contributed by atoms with van der Waals surface area (Å²) in [7, 11) is 3.61. The van der Waals surface area contributed by atoms with Crippen molar-refractivity contribution in [2.45, 2.75) is 6.54 Å². The van der Waals surface area contributed by atoms with Gasteiger partial charge in [-0.2, -0.15) is 0 Å². The number of ether oxygens (including phenoxy) is 1. The molecule has 3 aromatic heterocycles. The molecule has 7 heteroatoms. The van der Waals surface area contributed by atoms with Crippen LogP contribution in [-0.2, 0) is 6.54 Å². The lowest BCUT2D eigenvalue weighted by Crippen LogP contribution is -2.17. The van der Waals surface area contributed by atoms with E-state index in [9.17, 15) is 0 Å². The zero-order chi connectivity index (χ0) is 21.2. The van der Waals surface area contributed by atoms with Crippen molar-refractivity contribution in [1.82, 2.24) is 19.6 Å². The Labute approximate surface area is 179 Å². The molecule has 31 heavy (non-hydrogen) atoms. The molecule has 0 atom stereocenters. The summed E-state index contributed by atoms with van der Waals surface area (Å²) in [6.45, 7) is 0.641. The molecule has 0 N–H and O–H groups in total. The second-order valence-electron chi connectivity index (χ2n) is 7.25. The normalized spacial score (nSPS) is 11.0. The van der Waals surface area contributed by atoms with E-state index in [0.717, 1.165) is 33.7 Å². The summed E-state index contributed by atoms with van der Waals surface area (Å²) in [6.07, 6.45) is 5.76. The van der Waals surface area contributed by atoms with Crippen LogP contribution in [0.5, 0.6) is 5.75 Å². The van der Waals surface area contributed by atoms with E-state index in [4.69, 9.17) is 9.15 Å². The van der Waals surface area contributed by atoms with Gasteiger partial charge in [0.1, 0.15) is 11.4 Å². The molecule has 5 aromatic rings. The molecular weight excluding hydrogens is 390 g/mol. The summed E-state index contributed by atoms with van der Waals surface area (Å²) < 4.78 is 13.4. The minimum atomic E-state index is 0.467. The SMILES string of the molecule is COc1ccccc1-c1ccc(-c2nnc(N(C)Cc3ccc4nccn4c3)o2)cc1. The van der Waals surface area contributed by atoms with Gasteiger partial charge in [0.15, 0.2) is 0 Å². The minimum absolute atomic E-state index is 0.467. The van der Waals surface area contributed by atoms with Gasteiger partial charge in [-0.3, -0.25) is 0 Å². The fourth-order valence-electron chi connectivity index (χ4n) is 3.56. The van der Waals surface area contributed by atoms with Gasteiger partial charge in [0.05, 0.1) is 7.11 Å². The number of para-hydroxylation sites is 1. The predicted octanol–water partition coefficient (Wildman–Crippen LogP) is 4.70. The average Bonchev–Trinajstić information content (AvgIpc) is 3.49. The van der Waals surface area contributed by atoms with E-state index in [-0.39, 0.29) is 0 Å². The molecule has 154 valence electrons. The number of hydrogen-bond acceptors (Lipinski definition) is 6. The van der Waals surface area contributed by atoms with Gasteiger partial charge in [0.2, 0.25) is 5.89 Å². The predicted molar refractivity (Wildman–Crippen MR) is 119 cm³/mol. The van der Waals surface area contributed by atoms with E-state index in [1.54, 1.807) is 13.3 Å². The van der Waals surface area contributed by atoms with Gasteiger partial charge in [0, 0.05) is 43.3 Å². The maximum atomic E-state index is 5.93. The Morgan fingerprint density at radius 3 is 2.61 bits per heavy atom. The van der Waals surface area contributed by atoms with E-state index in [1.165, 1.54) is 0 Å². The van der Waals surface area contributed by atoms with Crippen molar-refractivity contribution >= 4 is 11.7 Å². The summed E-state index contributed by atoms with van der Waals surface area (Å²) in [6, 6.07) is 20.5. The lowest BCUT2D eigenvalue weighted by molar-refractivity contribution is 0.416. The van der Waals surface area contributed by atoms with Crippen LogP contribution in [0.3, 0.4) is 0 Å². The first-order valence-electron chi connectivity index (χ1n) is 9.91. The second-order valence-corrected chi connectivity index (χ2v) is 7.25. The highest BCUT2D eigenvalue weighted by molar-refractivity contribution is 5.72. The summed E-state index contributed by atoms with van der Waals surface area (Å²) >= 11 is 0. The summed E-state index contributed by atoms with van der Waals surface area (Å²) in [5.74, 6) is 1.32. The first-order chi connectivity index (χ1) is 15.2. The van der Waals surface area contributed by atoms with Crippen LogP contribution in [0.2, 0.25) is 0 Å². The number of imidazole rings is 1. The molecular formula is C24H21N5O2. The molecule has 2 aromatic carbocycles. The van der Waals surface area contributed by atoms with Gasteiger partial charge in [-0.25, -0.2) is 4.98 Å². The number of pyridine rings is 1. The van der Waals surface area contributed by atoms with Gasteiger partial charge in [-0.1, -0.05) is 41.5 Å². The molecule has 0 spiro atoms. The van der Waals surface area contributed by atoms with Gasteiger partial charge >= 0.3 is 6.01 Å². The number of anilines is 1. The number of nitrogens with zero attached hydrogens (tertiary/aromatic N) is 5. The summed E-state index contributed by atoms with van der Waals surface area (Å²) in [5, 5.41) is 8.45. The molecule has 0 amide bonds. The molecule has 0 fully saturated rings. The first-order valence-corrected chi connectivity index (χ1v) is 9.91. The third-order valence-electron chi connectivity index (χ3n) is 5.16. The molecule has 3 heterocycles. The molecule has 0 bridgehead atoms. The van der Waals surface area contributed by atoms with Crippen LogP contribution in [0, 0.1) is 0 Å². The Kier molecular flexibility index (Phi) is 4.84. The van der Waals surface area contributed by atoms with E-state index < -0.39 is 0 Å². The largest absolute Gasteiger partial charge is 0.496 e. The number of methoxy groups -OCH3 is 1. The van der Waals surface area contributed by atoms with Gasteiger partial charge in [-0.05, 0) is 35.4 Å². The van der Waals surface area contributed by atoms with Crippen molar-refractivity contribution in [1.29, 1.82) is 0 Å². The Morgan fingerprint density at radius 1 is 0.968 bits per heavy atom. The van der Waals surface area contributed by atoms with E-state index in [1.807, 2.05) is 89.4 Å². The molecule has 0 aliphatic carbocycles. The zero-order valence-corrected chi connectivity index (χ0v) is 17.3. The average molecular weight is 411 g/mol. The molecule has 0 aliphatic rings.